The number of hydrogen-bond acceptors (Lipinski definition) is 1. The Morgan fingerprint density at radius 2 is 1.74 bits per heavy atom. The molecule has 1 N–H and O–H groups in total. The van der Waals surface area contributed by atoms with Gasteiger partial charge in [-0.15, -0.1) is 12.4 Å². The lowest BCUT2D eigenvalue weighted by molar-refractivity contribution is 0.0695. The number of fused-ring (bicyclic) bond motifs is 3. The van der Waals surface area contributed by atoms with E-state index in [0.29, 0.717) is 5.56 Å². The Morgan fingerprint density at radius 1 is 1.00 bits per heavy atom. The van der Waals surface area contributed by atoms with Crippen LogP contribution < -0.4 is 0 Å². The number of alkyl halides is 1. The number of carbonyl (C=O) groups is 1. The second-order valence-corrected chi connectivity index (χ2v) is 6.54. The summed E-state index contributed by atoms with van der Waals surface area (Å²) >= 11 is 3.47. The van der Waals surface area contributed by atoms with Gasteiger partial charge >= 0.3 is 5.97 Å². The van der Waals surface area contributed by atoms with Crippen molar-refractivity contribution in [1.82, 2.24) is 0 Å². The van der Waals surface area contributed by atoms with Crippen molar-refractivity contribution in [3.8, 4) is 11.1 Å². The lowest BCUT2D eigenvalue weighted by atomic mass is 9.88. The summed E-state index contributed by atoms with van der Waals surface area (Å²) in [6.07, 6.45) is 4.48. The van der Waals surface area contributed by atoms with Gasteiger partial charge in [-0.3, -0.25) is 0 Å². The van der Waals surface area contributed by atoms with E-state index in [1.807, 2.05) is 12.1 Å². The van der Waals surface area contributed by atoms with Crippen molar-refractivity contribution in [2.75, 3.05) is 5.33 Å². The molecule has 3 rings (SSSR count). The number of aromatic carboxylic acids is 1. The fourth-order valence-corrected chi connectivity index (χ4v) is 3.88. The second kappa shape index (κ2) is 7.98. The van der Waals surface area contributed by atoms with E-state index in [9.17, 15) is 9.90 Å². The van der Waals surface area contributed by atoms with Crippen LogP contribution in [0.4, 0.5) is 0 Å². The summed E-state index contributed by atoms with van der Waals surface area (Å²) in [5.41, 5.74) is 5.05. The van der Waals surface area contributed by atoms with Gasteiger partial charge in [0.25, 0.3) is 0 Å². The van der Waals surface area contributed by atoms with Gasteiger partial charge in [-0.25, -0.2) is 4.79 Å². The molecule has 0 amide bonds. The van der Waals surface area contributed by atoms with Crippen molar-refractivity contribution < 1.29 is 9.90 Å². The van der Waals surface area contributed by atoms with E-state index >= 15 is 0 Å². The van der Waals surface area contributed by atoms with Gasteiger partial charge in [-0.2, -0.15) is 0 Å². The van der Waals surface area contributed by atoms with E-state index in [1.54, 1.807) is 6.07 Å². The number of hydrogen-bond donors (Lipinski definition) is 1. The lowest BCUT2D eigenvalue weighted by Crippen LogP contribution is -2.06. The van der Waals surface area contributed by atoms with E-state index in [0.717, 1.165) is 29.3 Å². The number of benzene rings is 2. The van der Waals surface area contributed by atoms with Crippen LogP contribution in [0.2, 0.25) is 0 Å². The average Bonchev–Trinajstić information content (AvgIpc) is 2.86. The van der Waals surface area contributed by atoms with Crippen LogP contribution in [0.25, 0.3) is 11.1 Å². The molecule has 0 heterocycles. The zero-order chi connectivity index (χ0) is 15.5. The summed E-state index contributed by atoms with van der Waals surface area (Å²) in [6, 6.07) is 14.0. The molecule has 0 aromatic heterocycles. The topological polar surface area (TPSA) is 37.3 Å². The minimum atomic E-state index is -0.824. The van der Waals surface area contributed by atoms with E-state index in [2.05, 4.69) is 40.2 Å². The van der Waals surface area contributed by atoms with Crippen LogP contribution >= 0.6 is 28.3 Å². The minimum absolute atomic E-state index is 0. The van der Waals surface area contributed by atoms with Crippen LogP contribution in [0.5, 0.6) is 0 Å². The summed E-state index contributed by atoms with van der Waals surface area (Å²) in [7, 11) is 0. The van der Waals surface area contributed by atoms with Gasteiger partial charge in [0.2, 0.25) is 0 Å². The molecule has 0 saturated carbocycles. The largest absolute Gasteiger partial charge is 0.478 e. The van der Waals surface area contributed by atoms with Crippen molar-refractivity contribution >= 4 is 34.3 Å². The van der Waals surface area contributed by atoms with Crippen molar-refractivity contribution in [1.29, 1.82) is 0 Å². The van der Waals surface area contributed by atoms with Gasteiger partial charge in [0.15, 0.2) is 0 Å². The predicted octanol–water partition coefficient (Wildman–Crippen LogP) is 5.87. The highest BCUT2D eigenvalue weighted by molar-refractivity contribution is 9.09. The summed E-state index contributed by atoms with van der Waals surface area (Å²) in [4.78, 5) is 11.6. The maximum Gasteiger partial charge on any atom is 0.336 e. The zero-order valence-electron chi connectivity index (χ0n) is 12.8. The Balaban J connectivity index is 0.00000192. The van der Waals surface area contributed by atoms with Crippen molar-refractivity contribution in [3.05, 3.63) is 59.2 Å². The Hall–Kier alpha value is -1.32. The fraction of sp³-hybridized carbons (Fsp3) is 0.316. The number of rotatable bonds is 6. The lowest BCUT2D eigenvalue weighted by Gasteiger charge is -2.15. The van der Waals surface area contributed by atoms with Crippen molar-refractivity contribution in [2.24, 2.45) is 0 Å². The Bertz CT molecular complexity index is 700. The van der Waals surface area contributed by atoms with Crippen LogP contribution in [0.1, 0.15) is 53.1 Å². The normalized spacial score (nSPS) is 14.7. The molecular formula is C19H20BrClO2. The van der Waals surface area contributed by atoms with Gasteiger partial charge in [0, 0.05) is 11.2 Å². The smallest absolute Gasteiger partial charge is 0.336 e. The number of carboxylic acids is 1. The molecule has 1 aliphatic carbocycles. The average molecular weight is 396 g/mol. The van der Waals surface area contributed by atoms with Crippen LogP contribution in [-0.2, 0) is 0 Å². The molecule has 0 fully saturated rings. The molecule has 1 unspecified atom stereocenters. The highest BCUT2D eigenvalue weighted by Crippen LogP contribution is 2.48. The first-order valence-electron chi connectivity index (χ1n) is 7.75. The van der Waals surface area contributed by atoms with Crippen LogP contribution in [-0.4, -0.2) is 16.4 Å². The first kappa shape index (κ1) is 18.0. The van der Waals surface area contributed by atoms with E-state index < -0.39 is 5.97 Å². The van der Waals surface area contributed by atoms with Crippen molar-refractivity contribution in [3.63, 3.8) is 0 Å². The third-order valence-electron chi connectivity index (χ3n) is 4.44. The van der Waals surface area contributed by atoms with Gasteiger partial charge < -0.3 is 5.11 Å². The minimum Gasteiger partial charge on any atom is -0.478 e. The molecule has 1 atom stereocenters. The van der Waals surface area contributed by atoms with Crippen LogP contribution in [0.15, 0.2) is 42.5 Å². The highest BCUT2D eigenvalue weighted by Gasteiger charge is 2.31. The molecule has 0 spiro atoms. The molecule has 0 saturated heterocycles. The molecule has 0 aliphatic heterocycles. The first-order valence-corrected chi connectivity index (χ1v) is 8.87. The second-order valence-electron chi connectivity index (χ2n) is 5.75. The summed E-state index contributed by atoms with van der Waals surface area (Å²) in [6.45, 7) is 0. The van der Waals surface area contributed by atoms with E-state index in [4.69, 9.17) is 0 Å². The third-order valence-corrected chi connectivity index (χ3v) is 5.00. The van der Waals surface area contributed by atoms with Crippen molar-refractivity contribution in [2.45, 2.75) is 31.6 Å². The Morgan fingerprint density at radius 3 is 2.48 bits per heavy atom. The molecule has 2 aromatic carbocycles. The number of unbranched alkanes of at least 4 members (excludes halogenated alkanes) is 2. The molecule has 4 heteroatoms. The Kier molecular flexibility index (Phi) is 6.25. The third kappa shape index (κ3) is 3.46. The maximum atomic E-state index is 11.6. The SMILES string of the molecule is Cl.O=C(O)c1cccc2c1C(CCCCCBr)c1ccccc1-2. The van der Waals surface area contributed by atoms with Gasteiger partial charge in [0.1, 0.15) is 0 Å². The monoisotopic (exact) mass is 394 g/mol. The van der Waals surface area contributed by atoms with Gasteiger partial charge in [-0.1, -0.05) is 65.2 Å². The predicted molar refractivity (Wildman–Crippen MR) is 100 cm³/mol. The molecule has 2 aromatic rings. The molecule has 0 bridgehead atoms. The van der Waals surface area contributed by atoms with Crippen LogP contribution in [0, 0.1) is 0 Å². The fourth-order valence-electron chi connectivity index (χ4n) is 3.48. The highest BCUT2D eigenvalue weighted by atomic mass is 79.9. The molecule has 0 radical (unpaired) electrons. The summed E-state index contributed by atoms with van der Waals surface area (Å²) in [5, 5.41) is 10.6. The quantitative estimate of drug-likeness (QED) is 0.490. The van der Waals surface area contributed by atoms with E-state index in [-0.39, 0.29) is 18.3 Å². The van der Waals surface area contributed by atoms with Gasteiger partial charge in [-0.05, 0) is 41.2 Å². The first-order chi connectivity index (χ1) is 10.7. The molecular weight excluding hydrogens is 376 g/mol. The standard InChI is InChI=1S/C19H19BrO2.ClH/c20-12-5-1-2-9-15-13-7-3-4-8-14(13)16-10-6-11-17(18(15)16)19(21)22;/h3-4,6-8,10-11,15H,1-2,5,9,12H2,(H,21,22);1H. The number of carboxylic acid groups (broad SMARTS) is 1. The molecule has 23 heavy (non-hydrogen) atoms. The summed E-state index contributed by atoms with van der Waals surface area (Å²) in [5.74, 6) is -0.607. The van der Waals surface area contributed by atoms with Gasteiger partial charge in [0.05, 0.1) is 5.56 Å². The molecule has 122 valence electrons. The Labute approximate surface area is 151 Å². The molecule has 1 aliphatic rings. The molecule has 2 nitrogen and oxygen atoms in total. The maximum absolute atomic E-state index is 11.6. The number of halogens is 2. The van der Waals surface area contributed by atoms with E-state index in [1.165, 1.54) is 24.0 Å². The summed E-state index contributed by atoms with van der Waals surface area (Å²) < 4.78 is 0. The van der Waals surface area contributed by atoms with Crippen LogP contribution in [0.3, 0.4) is 0 Å². The zero-order valence-corrected chi connectivity index (χ0v) is 15.2.